The second-order valence-electron chi connectivity index (χ2n) is 8.86. The summed E-state index contributed by atoms with van der Waals surface area (Å²) in [5.74, 6) is 1.38. The number of benzene rings is 2. The molecule has 2 unspecified atom stereocenters. The van der Waals surface area contributed by atoms with Crippen molar-refractivity contribution in [1.29, 1.82) is 0 Å². The average molecular weight is 611 g/mol. The Morgan fingerprint density at radius 2 is 1.68 bits per heavy atom. The maximum absolute atomic E-state index is 13.6. The number of aliphatic hydroxyl groups excluding tert-OH is 1. The van der Waals surface area contributed by atoms with Gasteiger partial charge in [-0.25, -0.2) is 16.8 Å². The van der Waals surface area contributed by atoms with Gasteiger partial charge in [-0.05, 0) is 50.2 Å². The molecule has 2 N–H and O–H groups in total. The van der Waals surface area contributed by atoms with Gasteiger partial charge < -0.3 is 19.0 Å². The van der Waals surface area contributed by atoms with Gasteiger partial charge in [-0.1, -0.05) is 23.7 Å². The van der Waals surface area contributed by atoms with Gasteiger partial charge in [0.2, 0.25) is 21.8 Å². The van der Waals surface area contributed by atoms with Crippen LogP contribution in [0.15, 0.2) is 57.8 Å². The zero-order valence-corrected chi connectivity index (χ0v) is 24.5. The van der Waals surface area contributed by atoms with Crippen molar-refractivity contribution in [3.63, 3.8) is 0 Å². The van der Waals surface area contributed by atoms with Crippen LogP contribution in [-0.2, 0) is 19.9 Å². The molecular weight excluding hydrogens is 584 g/mol. The molecule has 2 heterocycles. The summed E-state index contributed by atoms with van der Waals surface area (Å²) in [7, 11) is -5.40. The van der Waals surface area contributed by atoms with Crippen LogP contribution >= 0.6 is 11.6 Å². The Morgan fingerprint density at radius 1 is 1.02 bits per heavy atom. The van der Waals surface area contributed by atoms with E-state index in [1.165, 1.54) is 37.8 Å². The van der Waals surface area contributed by atoms with Crippen LogP contribution in [0.25, 0.3) is 17.3 Å². The Kier molecular flexibility index (Phi) is 8.17. The van der Waals surface area contributed by atoms with Crippen molar-refractivity contribution in [3.05, 3.63) is 64.9 Å². The van der Waals surface area contributed by atoms with Gasteiger partial charge >= 0.3 is 0 Å². The van der Waals surface area contributed by atoms with Gasteiger partial charge in [0.15, 0.2) is 15.6 Å². The van der Waals surface area contributed by atoms with Crippen molar-refractivity contribution in [1.82, 2.24) is 14.8 Å². The molecule has 40 heavy (non-hydrogen) atoms. The van der Waals surface area contributed by atoms with Crippen LogP contribution in [0.5, 0.6) is 11.5 Å². The average Bonchev–Trinajstić information content (AvgIpc) is 3.51. The molecule has 0 amide bonds. The molecule has 0 radical (unpaired) electrons. The van der Waals surface area contributed by atoms with Crippen molar-refractivity contribution in [3.8, 4) is 28.8 Å². The number of sulfone groups is 1. The SMILES string of the molecule is COc1cccc(OC)c1-n1c(NS(=O)(=O)C(C)C(O)c2ccc(Cl)cc2S(C)(=O)=O)nnc1-c1ccc(C)o1. The summed E-state index contributed by atoms with van der Waals surface area (Å²) in [6.45, 7) is 2.97. The molecule has 0 aliphatic heterocycles. The Hall–Kier alpha value is -3.59. The fraction of sp³-hybridized carbons (Fsp3) is 0.280. The molecule has 0 bridgehead atoms. The summed E-state index contributed by atoms with van der Waals surface area (Å²) in [4.78, 5) is -0.285. The van der Waals surface area contributed by atoms with Gasteiger partial charge in [0, 0.05) is 16.8 Å². The first kappa shape index (κ1) is 29.4. The predicted molar refractivity (Wildman–Crippen MR) is 148 cm³/mol. The first-order valence-electron chi connectivity index (χ1n) is 11.7. The highest BCUT2D eigenvalue weighted by Crippen LogP contribution is 2.38. The molecular formula is C25H27ClN4O8S2. The minimum atomic E-state index is -4.43. The van der Waals surface area contributed by atoms with Crippen molar-refractivity contribution in [2.75, 3.05) is 25.2 Å². The zero-order chi connectivity index (χ0) is 29.4. The fourth-order valence-corrected chi connectivity index (χ4v) is 6.30. The second-order valence-corrected chi connectivity index (χ2v) is 13.3. The van der Waals surface area contributed by atoms with Crippen molar-refractivity contribution < 1.29 is 35.8 Å². The molecule has 15 heteroatoms. The minimum Gasteiger partial charge on any atom is -0.494 e. The van der Waals surface area contributed by atoms with Crippen molar-refractivity contribution in [2.45, 2.75) is 30.1 Å². The van der Waals surface area contributed by atoms with E-state index < -0.39 is 31.2 Å². The van der Waals surface area contributed by atoms with Crippen molar-refractivity contribution >= 4 is 37.4 Å². The number of halogens is 1. The first-order chi connectivity index (χ1) is 18.8. The van der Waals surface area contributed by atoms with Gasteiger partial charge in [-0.3, -0.25) is 9.29 Å². The van der Waals surface area contributed by atoms with Crippen LogP contribution in [-0.4, -0.2) is 62.4 Å². The third kappa shape index (κ3) is 5.66. The number of nitrogens with zero attached hydrogens (tertiary/aromatic N) is 3. The lowest BCUT2D eigenvalue weighted by Gasteiger charge is -2.23. The van der Waals surface area contributed by atoms with E-state index in [0.29, 0.717) is 17.3 Å². The molecule has 4 rings (SSSR count). The Labute approximate surface area is 236 Å². The van der Waals surface area contributed by atoms with Crippen LogP contribution < -0.4 is 14.2 Å². The third-order valence-corrected chi connectivity index (χ3v) is 9.20. The number of nitrogens with one attached hydrogen (secondary N) is 1. The lowest BCUT2D eigenvalue weighted by Crippen LogP contribution is -2.32. The second kappa shape index (κ2) is 11.1. The van der Waals surface area contributed by atoms with E-state index in [-0.39, 0.29) is 38.7 Å². The zero-order valence-electron chi connectivity index (χ0n) is 22.1. The highest BCUT2D eigenvalue weighted by molar-refractivity contribution is 7.93. The highest BCUT2D eigenvalue weighted by Gasteiger charge is 2.35. The largest absolute Gasteiger partial charge is 0.494 e. The molecule has 0 spiro atoms. The van der Waals surface area contributed by atoms with Crippen LogP contribution in [0.2, 0.25) is 5.02 Å². The monoisotopic (exact) mass is 610 g/mol. The van der Waals surface area contributed by atoms with Crippen LogP contribution in [0, 0.1) is 6.92 Å². The molecule has 214 valence electrons. The molecule has 2 aromatic heterocycles. The maximum atomic E-state index is 13.6. The number of aromatic nitrogens is 3. The number of rotatable bonds is 10. The van der Waals surface area contributed by atoms with Gasteiger partial charge in [-0.2, -0.15) is 0 Å². The predicted octanol–water partition coefficient (Wildman–Crippen LogP) is 3.77. The number of para-hydroxylation sites is 1. The van der Waals surface area contributed by atoms with E-state index in [1.807, 2.05) is 0 Å². The van der Waals surface area contributed by atoms with Crippen LogP contribution in [0.1, 0.15) is 24.4 Å². The lowest BCUT2D eigenvalue weighted by molar-refractivity contribution is 0.173. The Morgan fingerprint density at radius 3 is 2.23 bits per heavy atom. The molecule has 4 aromatic rings. The van der Waals surface area contributed by atoms with E-state index in [9.17, 15) is 21.9 Å². The summed E-state index contributed by atoms with van der Waals surface area (Å²) in [6.07, 6.45) is -0.809. The van der Waals surface area contributed by atoms with E-state index in [1.54, 1.807) is 37.3 Å². The quantitative estimate of drug-likeness (QED) is 0.270. The summed E-state index contributed by atoms with van der Waals surface area (Å²) in [5, 5.41) is 17.8. The maximum Gasteiger partial charge on any atom is 0.243 e. The number of sulfonamides is 1. The Bertz CT molecular complexity index is 1740. The topological polar surface area (TPSA) is 163 Å². The van der Waals surface area contributed by atoms with E-state index in [0.717, 1.165) is 12.3 Å². The highest BCUT2D eigenvalue weighted by atomic mass is 35.5. The molecule has 0 fully saturated rings. The standard InChI is InChI=1S/C25H27ClN4O8S2/c1-14-9-12-20(38-14)24-27-28-25(30(24)22-18(36-3)7-6-8-19(22)37-4)29-40(34,35)15(2)23(31)17-11-10-16(26)13-21(17)39(5,32)33/h6-13,15,23,31H,1-5H3,(H,28,29). The molecule has 12 nitrogen and oxygen atoms in total. The van der Waals surface area contributed by atoms with E-state index in [2.05, 4.69) is 14.9 Å². The normalized spacial score (nSPS) is 13.6. The van der Waals surface area contributed by atoms with Gasteiger partial charge in [-0.15, -0.1) is 10.2 Å². The third-order valence-electron chi connectivity index (χ3n) is 6.11. The summed E-state index contributed by atoms with van der Waals surface area (Å²) >= 11 is 5.96. The van der Waals surface area contributed by atoms with Gasteiger partial charge in [0.1, 0.15) is 28.2 Å². The molecule has 2 atom stereocenters. The Balaban J connectivity index is 1.83. The van der Waals surface area contributed by atoms with E-state index in [4.69, 9.17) is 25.5 Å². The number of anilines is 1. The summed E-state index contributed by atoms with van der Waals surface area (Å²) < 4.78 is 72.3. The number of aryl methyl sites for hydroxylation is 1. The molecule has 0 saturated carbocycles. The smallest absolute Gasteiger partial charge is 0.243 e. The summed E-state index contributed by atoms with van der Waals surface area (Å²) in [5.41, 5.74) is 0.161. The number of methoxy groups -OCH3 is 2. The summed E-state index contributed by atoms with van der Waals surface area (Å²) in [6, 6.07) is 12.1. The molecule has 0 saturated heterocycles. The molecule has 2 aromatic carbocycles. The number of ether oxygens (including phenoxy) is 2. The number of hydrogen-bond donors (Lipinski definition) is 2. The lowest BCUT2D eigenvalue weighted by atomic mass is 10.1. The van der Waals surface area contributed by atoms with Crippen LogP contribution in [0.3, 0.4) is 0 Å². The van der Waals surface area contributed by atoms with Crippen LogP contribution in [0.4, 0.5) is 5.95 Å². The van der Waals surface area contributed by atoms with E-state index >= 15 is 0 Å². The minimum absolute atomic E-state index is 0.115. The fourth-order valence-electron chi connectivity index (χ4n) is 4.04. The molecule has 0 aliphatic carbocycles. The van der Waals surface area contributed by atoms with Crippen molar-refractivity contribution in [2.24, 2.45) is 0 Å². The first-order valence-corrected chi connectivity index (χ1v) is 15.5. The number of hydrogen-bond acceptors (Lipinski definition) is 10. The molecule has 0 aliphatic rings. The number of furan rings is 1. The number of aliphatic hydroxyl groups is 1. The van der Waals surface area contributed by atoms with Gasteiger partial charge in [0.25, 0.3) is 0 Å². The van der Waals surface area contributed by atoms with Gasteiger partial charge in [0.05, 0.1) is 25.2 Å².